The summed E-state index contributed by atoms with van der Waals surface area (Å²) in [6.45, 7) is 1.87. The molecule has 0 saturated carbocycles. The van der Waals surface area contributed by atoms with Crippen molar-refractivity contribution in [1.29, 1.82) is 0 Å². The second kappa shape index (κ2) is 5.59. The Hall–Kier alpha value is -0.950. The normalized spacial score (nSPS) is 9.71. The first-order valence-electron chi connectivity index (χ1n) is 4.64. The standard InChI is InChI=1S/C10H10N4OS.Na/c1-6-3-2-4-8(12-6)14-7(11)5-9(15)13-10(14)16;/h2-5H,11H2,1H3,(H,13,15,16);/q;+1. The molecule has 0 amide bonds. The zero-order valence-corrected chi connectivity index (χ0v) is 12.4. The summed E-state index contributed by atoms with van der Waals surface area (Å²) in [6, 6.07) is 6.77. The number of nitrogen functional groups attached to an aromatic ring is 1. The van der Waals surface area contributed by atoms with E-state index in [0.717, 1.165) is 5.69 Å². The van der Waals surface area contributed by atoms with Crippen LogP contribution in [-0.4, -0.2) is 14.5 Å². The summed E-state index contributed by atoms with van der Waals surface area (Å²) in [5.41, 5.74) is 6.28. The van der Waals surface area contributed by atoms with Crippen molar-refractivity contribution in [3.63, 3.8) is 0 Å². The first kappa shape index (κ1) is 14.1. The van der Waals surface area contributed by atoms with Crippen LogP contribution in [0.3, 0.4) is 0 Å². The van der Waals surface area contributed by atoms with Gasteiger partial charge in [0.15, 0.2) is 4.77 Å². The Morgan fingerprint density at radius 2 is 2.18 bits per heavy atom. The van der Waals surface area contributed by atoms with Gasteiger partial charge in [-0.2, -0.15) is 0 Å². The maximum atomic E-state index is 11.1. The molecule has 2 aromatic heterocycles. The average molecular weight is 257 g/mol. The van der Waals surface area contributed by atoms with Crippen LogP contribution < -0.4 is 40.9 Å². The molecular formula is C10H10N4NaOS+. The van der Waals surface area contributed by atoms with Crippen molar-refractivity contribution < 1.29 is 29.6 Å². The van der Waals surface area contributed by atoms with Crippen LogP contribution in [0.25, 0.3) is 5.82 Å². The number of pyridine rings is 1. The summed E-state index contributed by atoms with van der Waals surface area (Å²) in [7, 11) is 0. The maximum Gasteiger partial charge on any atom is 1.00 e. The summed E-state index contributed by atoms with van der Waals surface area (Å²) >= 11 is 5.04. The fraction of sp³-hybridized carbons (Fsp3) is 0.100. The van der Waals surface area contributed by atoms with Crippen LogP contribution in [0, 0.1) is 11.7 Å². The Labute approximate surface area is 125 Å². The number of anilines is 1. The van der Waals surface area contributed by atoms with E-state index in [-0.39, 0.29) is 45.7 Å². The van der Waals surface area contributed by atoms with Gasteiger partial charge in [-0.1, -0.05) is 6.07 Å². The number of aryl methyl sites for hydroxylation is 1. The van der Waals surface area contributed by atoms with Crippen molar-refractivity contribution in [2.24, 2.45) is 0 Å². The summed E-state index contributed by atoms with van der Waals surface area (Å²) in [5, 5.41) is 0. The summed E-state index contributed by atoms with van der Waals surface area (Å²) < 4.78 is 1.76. The van der Waals surface area contributed by atoms with Gasteiger partial charge in [0.1, 0.15) is 11.6 Å². The first-order chi connectivity index (χ1) is 7.58. The molecule has 0 spiro atoms. The Morgan fingerprint density at radius 3 is 2.76 bits per heavy atom. The first-order valence-corrected chi connectivity index (χ1v) is 5.04. The monoisotopic (exact) mass is 257 g/mol. The molecule has 7 heteroatoms. The van der Waals surface area contributed by atoms with Crippen LogP contribution in [0.4, 0.5) is 5.82 Å². The minimum Gasteiger partial charge on any atom is -0.385 e. The molecule has 0 bridgehead atoms. The SMILES string of the molecule is Cc1cccc(-n2c(N)cc(=O)[nH]c2=S)n1.[Na+]. The number of hydrogen-bond donors (Lipinski definition) is 2. The molecule has 0 aliphatic carbocycles. The number of nitrogens with one attached hydrogen (secondary N) is 1. The zero-order chi connectivity index (χ0) is 11.7. The Bertz CT molecular complexity index is 649. The van der Waals surface area contributed by atoms with Gasteiger partial charge in [0, 0.05) is 11.8 Å². The number of H-pyrrole nitrogens is 1. The van der Waals surface area contributed by atoms with E-state index in [2.05, 4.69) is 9.97 Å². The molecule has 17 heavy (non-hydrogen) atoms. The number of aromatic nitrogens is 3. The van der Waals surface area contributed by atoms with Crippen molar-refractivity contribution in [1.82, 2.24) is 14.5 Å². The number of aromatic amines is 1. The molecule has 5 nitrogen and oxygen atoms in total. The van der Waals surface area contributed by atoms with Gasteiger partial charge in [-0.05, 0) is 31.3 Å². The van der Waals surface area contributed by atoms with E-state index in [4.69, 9.17) is 18.0 Å². The number of nitrogens with zero attached hydrogens (tertiary/aromatic N) is 2. The Kier molecular flexibility index (Phi) is 4.64. The molecule has 0 atom stereocenters. The van der Waals surface area contributed by atoms with Gasteiger partial charge < -0.3 is 5.73 Å². The van der Waals surface area contributed by atoms with Crippen LogP contribution in [0.1, 0.15) is 5.69 Å². The third-order valence-electron chi connectivity index (χ3n) is 2.07. The molecule has 2 aromatic rings. The van der Waals surface area contributed by atoms with Gasteiger partial charge in [0.05, 0.1) is 0 Å². The minimum absolute atomic E-state index is 0. The predicted molar refractivity (Wildman–Crippen MR) is 64.2 cm³/mol. The van der Waals surface area contributed by atoms with E-state index in [1.807, 2.05) is 19.1 Å². The maximum absolute atomic E-state index is 11.1. The molecule has 0 fully saturated rings. The van der Waals surface area contributed by atoms with Crippen LogP contribution in [-0.2, 0) is 0 Å². The molecule has 0 aliphatic heterocycles. The van der Waals surface area contributed by atoms with Crippen molar-refractivity contribution in [2.75, 3.05) is 5.73 Å². The second-order valence-electron chi connectivity index (χ2n) is 3.34. The van der Waals surface area contributed by atoms with Gasteiger partial charge >= 0.3 is 29.6 Å². The molecule has 0 aromatic carbocycles. The van der Waals surface area contributed by atoms with E-state index >= 15 is 0 Å². The number of nitrogens with two attached hydrogens (primary N) is 1. The van der Waals surface area contributed by atoms with Gasteiger partial charge in [-0.25, -0.2) is 4.98 Å². The second-order valence-corrected chi connectivity index (χ2v) is 3.72. The van der Waals surface area contributed by atoms with Gasteiger partial charge in [-0.3, -0.25) is 14.3 Å². The quantitative estimate of drug-likeness (QED) is 0.466. The summed E-state index contributed by atoms with van der Waals surface area (Å²) in [4.78, 5) is 17.9. The fourth-order valence-electron chi connectivity index (χ4n) is 1.40. The molecule has 82 valence electrons. The fourth-order valence-corrected chi connectivity index (χ4v) is 1.70. The van der Waals surface area contributed by atoms with Crippen LogP contribution in [0.15, 0.2) is 29.1 Å². The summed E-state index contributed by atoms with van der Waals surface area (Å²) in [5.74, 6) is 0.866. The van der Waals surface area contributed by atoms with Crippen LogP contribution in [0.2, 0.25) is 0 Å². The van der Waals surface area contributed by atoms with Gasteiger partial charge in [0.25, 0.3) is 5.56 Å². The van der Waals surface area contributed by atoms with Crippen molar-refractivity contribution >= 4 is 18.0 Å². The van der Waals surface area contributed by atoms with Gasteiger partial charge in [-0.15, -0.1) is 0 Å². The van der Waals surface area contributed by atoms with Gasteiger partial charge in [0.2, 0.25) is 0 Å². The molecule has 0 radical (unpaired) electrons. The molecular weight excluding hydrogens is 247 g/mol. The largest absolute Gasteiger partial charge is 1.00 e. The smallest absolute Gasteiger partial charge is 0.385 e. The topological polar surface area (TPSA) is 76.7 Å². The van der Waals surface area contributed by atoms with Crippen molar-refractivity contribution in [3.8, 4) is 5.82 Å². The van der Waals surface area contributed by atoms with E-state index in [1.165, 1.54) is 10.6 Å². The van der Waals surface area contributed by atoms with Crippen LogP contribution >= 0.6 is 12.2 Å². The third kappa shape index (κ3) is 3.04. The molecule has 0 aliphatic rings. The van der Waals surface area contributed by atoms with Crippen LogP contribution in [0.5, 0.6) is 0 Å². The molecule has 0 unspecified atom stereocenters. The number of hydrogen-bond acceptors (Lipinski definition) is 4. The predicted octanol–water partition coefficient (Wildman–Crippen LogP) is -1.82. The third-order valence-corrected chi connectivity index (χ3v) is 2.36. The van der Waals surface area contributed by atoms with Crippen molar-refractivity contribution in [2.45, 2.75) is 6.92 Å². The Balaban J connectivity index is 0.00000144. The van der Waals surface area contributed by atoms with E-state index in [9.17, 15) is 4.79 Å². The molecule has 2 rings (SSSR count). The Morgan fingerprint density at radius 1 is 1.47 bits per heavy atom. The zero-order valence-electron chi connectivity index (χ0n) is 9.60. The molecule has 3 N–H and O–H groups in total. The molecule has 2 heterocycles. The summed E-state index contributed by atoms with van der Waals surface area (Å²) in [6.07, 6.45) is 0. The van der Waals surface area contributed by atoms with E-state index in [0.29, 0.717) is 5.82 Å². The minimum atomic E-state index is -0.314. The van der Waals surface area contributed by atoms with E-state index in [1.54, 1.807) is 6.07 Å². The van der Waals surface area contributed by atoms with Crippen molar-refractivity contribution in [3.05, 3.63) is 45.1 Å². The number of rotatable bonds is 1. The van der Waals surface area contributed by atoms with E-state index < -0.39 is 0 Å². The average Bonchev–Trinajstić information content (AvgIpc) is 2.15. The molecule has 0 saturated heterocycles.